The number of non-ortho nitro benzene ring substituents is 1. The molecule has 0 saturated heterocycles. The van der Waals surface area contributed by atoms with Crippen molar-refractivity contribution in [3.8, 4) is 0 Å². The third kappa shape index (κ3) is 5.57. The number of hydrogen-bond donors (Lipinski definition) is 2. The van der Waals surface area contributed by atoms with Gasteiger partial charge in [0, 0.05) is 18.5 Å². The Labute approximate surface area is 148 Å². The molecule has 0 bridgehead atoms. The largest absolute Gasteiger partial charge is 0.308 e. The quantitative estimate of drug-likeness (QED) is 0.321. The van der Waals surface area contributed by atoms with Crippen molar-refractivity contribution in [3.05, 3.63) is 93.2 Å². The molecule has 0 amide bonds. The maximum atomic E-state index is 11.0. The highest BCUT2D eigenvalue weighted by Crippen LogP contribution is 2.30. The van der Waals surface area contributed by atoms with Gasteiger partial charge < -0.3 is 10.9 Å². The molecule has 2 rings (SSSR count). The second-order valence-corrected chi connectivity index (χ2v) is 4.84. The van der Waals surface area contributed by atoms with Gasteiger partial charge >= 0.3 is 5.69 Å². The fourth-order valence-electron chi connectivity index (χ4n) is 1.87. The second kappa shape index (κ2) is 9.33. The summed E-state index contributed by atoms with van der Waals surface area (Å²) in [5.41, 5.74) is 6.00. The van der Waals surface area contributed by atoms with Crippen LogP contribution in [0.3, 0.4) is 0 Å². The summed E-state index contributed by atoms with van der Waals surface area (Å²) >= 11 is 0. The van der Waals surface area contributed by atoms with Crippen LogP contribution >= 0.6 is 0 Å². The molecule has 26 heavy (non-hydrogen) atoms. The standard InChI is InChI=1S/C17H15N5O4/c23-21(24)15-9-10-16(17(13-15)22(25)26)18-11-5-2-6-12-19-20-14-7-3-1-4-8-14/h1-13,19-20H/b5-2-,12-6-,18-11?. The molecule has 0 aliphatic rings. The first-order chi connectivity index (χ1) is 12.6. The summed E-state index contributed by atoms with van der Waals surface area (Å²) in [6.07, 6.45) is 7.97. The molecule has 0 heterocycles. The van der Waals surface area contributed by atoms with Gasteiger partial charge in [0.25, 0.3) is 5.69 Å². The van der Waals surface area contributed by atoms with Gasteiger partial charge in [-0.05, 0) is 30.4 Å². The molecule has 0 unspecified atom stereocenters. The lowest BCUT2D eigenvalue weighted by atomic mass is 10.2. The molecule has 0 saturated carbocycles. The van der Waals surface area contributed by atoms with Crippen LogP contribution in [-0.4, -0.2) is 16.1 Å². The second-order valence-electron chi connectivity index (χ2n) is 4.84. The summed E-state index contributed by atoms with van der Waals surface area (Å²) in [5, 5.41) is 21.7. The number of para-hydroxylation sites is 1. The number of benzene rings is 2. The van der Waals surface area contributed by atoms with Crippen molar-refractivity contribution in [1.82, 2.24) is 5.43 Å². The Bertz CT molecular complexity index is 863. The molecule has 0 aromatic heterocycles. The van der Waals surface area contributed by atoms with Crippen LogP contribution in [0.2, 0.25) is 0 Å². The molecule has 0 fully saturated rings. The fraction of sp³-hybridized carbons (Fsp3) is 0. The highest BCUT2D eigenvalue weighted by atomic mass is 16.6. The Morgan fingerprint density at radius 2 is 1.69 bits per heavy atom. The molecular formula is C17H15N5O4. The first-order valence-electron chi connectivity index (χ1n) is 7.43. The van der Waals surface area contributed by atoms with E-state index in [1.54, 1.807) is 24.4 Å². The summed E-state index contributed by atoms with van der Waals surface area (Å²) in [6.45, 7) is 0. The lowest BCUT2D eigenvalue weighted by Crippen LogP contribution is -2.13. The average Bonchev–Trinajstić information content (AvgIpc) is 2.64. The van der Waals surface area contributed by atoms with Crippen molar-refractivity contribution >= 4 is 29.0 Å². The van der Waals surface area contributed by atoms with E-state index in [9.17, 15) is 20.2 Å². The summed E-state index contributed by atoms with van der Waals surface area (Å²) < 4.78 is 0. The average molecular weight is 353 g/mol. The summed E-state index contributed by atoms with van der Waals surface area (Å²) in [4.78, 5) is 24.2. The van der Waals surface area contributed by atoms with Crippen molar-refractivity contribution in [2.24, 2.45) is 4.99 Å². The lowest BCUT2D eigenvalue weighted by molar-refractivity contribution is -0.393. The van der Waals surface area contributed by atoms with Gasteiger partial charge in [-0.2, -0.15) is 0 Å². The predicted molar refractivity (Wildman–Crippen MR) is 99.4 cm³/mol. The SMILES string of the molecule is O=[N+]([O-])c1ccc(N=C/C=C\C=C/NNc2ccccc2)c([N+](=O)[O-])c1. The van der Waals surface area contributed by atoms with Crippen LogP contribution in [-0.2, 0) is 0 Å². The number of allylic oxidation sites excluding steroid dienone is 3. The summed E-state index contributed by atoms with van der Waals surface area (Å²) in [6, 6.07) is 12.8. The van der Waals surface area contributed by atoms with Crippen LogP contribution in [0.4, 0.5) is 22.7 Å². The van der Waals surface area contributed by atoms with Gasteiger partial charge in [-0.3, -0.25) is 20.2 Å². The van der Waals surface area contributed by atoms with Crippen LogP contribution in [0.25, 0.3) is 0 Å². The molecule has 9 nitrogen and oxygen atoms in total. The van der Waals surface area contributed by atoms with Crippen molar-refractivity contribution in [2.75, 3.05) is 5.43 Å². The van der Waals surface area contributed by atoms with Gasteiger partial charge in [0.2, 0.25) is 0 Å². The van der Waals surface area contributed by atoms with Crippen LogP contribution in [0.15, 0.2) is 78.0 Å². The monoisotopic (exact) mass is 353 g/mol. The maximum Gasteiger partial charge on any atom is 0.301 e. The van der Waals surface area contributed by atoms with E-state index in [1.165, 1.54) is 18.3 Å². The van der Waals surface area contributed by atoms with Gasteiger partial charge in [0.05, 0.1) is 21.6 Å². The van der Waals surface area contributed by atoms with Gasteiger partial charge in [-0.1, -0.05) is 24.3 Å². The first kappa shape index (κ1) is 18.3. The van der Waals surface area contributed by atoms with Crippen molar-refractivity contribution in [2.45, 2.75) is 0 Å². The molecule has 0 aliphatic carbocycles. The van der Waals surface area contributed by atoms with Gasteiger partial charge in [0.15, 0.2) is 0 Å². The van der Waals surface area contributed by atoms with E-state index in [4.69, 9.17) is 0 Å². The molecule has 0 aliphatic heterocycles. The number of nitrogens with zero attached hydrogens (tertiary/aromatic N) is 3. The number of nitro groups is 2. The Hall–Kier alpha value is -4.01. The van der Waals surface area contributed by atoms with E-state index in [0.29, 0.717) is 0 Å². The first-order valence-corrected chi connectivity index (χ1v) is 7.43. The van der Waals surface area contributed by atoms with E-state index in [1.807, 2.05) is 30.3 Å². The molecule has 132 valence electrons. The number of nitro benzene ring substituents is 2. The predicted octanol–water partition coefficient (Wildman–Crippen LogP) is 3.89. The van der Waals surface area contributed by atoms with E-state index in [2.05, 4.69) is 15.8 Å². The summed E-state index contributed by atoms with van der Waals surface area (Å²) in [5.74, 6) is 0. The molecule has 2 aromatic carbocycles. The summed E-state index contributed by atoms with van der Waals surface area (Å²) in [7, 11) is 0. The number of anilines is 1. The molecule has 0 spiro atoms. The fourth-order valence-corrected chi connectivity index (χ4v) is 1.87. The van der Waals surface area contributed by atoms with Crippen molar-refractivity contribution < 1.29 is 9.85 Å². The molecule has 0 atom stereocenters. The lowest BCUT2D eigenvalue weighted by Gasteiger charge is -2.03. The third-order valence-corrected chi connectivity index (χ3v) is 3.06. The molecular weight excluding hydrogens is 338 g/mol. The Balaban J connectivity index is 1.91. The Morgan fingerprint density at radius 1 is 0.923 bits per heavy atom. The van der Waals surface area contributed by atoms with Crippen LogP contribution in [0, 0.1) is 20.2 Å². The molecule has 0 radical (unpaired) electrons. The zero-order valence-electron chi connectivity index (χ0n) is 13.5. The normalized spacial score (nSPS) is 11.2. The van der Waals surface area contributed by atoms with E-state index in [0.717, 1.165) is 11.8 Å². The number of hydrazine groups is 1. The van der Waals surface area contributed by atoms with Gasteiger partial charge in [0.1, 0.15) is 5.69 Å². The van der Waals surface area contributed by atoms with E-state index >= 15 is 0 Å². The number of rotatable bonds is 8. The van der Waals surface area contributed by atoms with Crippen molar-refractivity contribution in [3.63, 3.8) is 0 Å². The van der Waals surface area contributed by atoms with E-state index in [-0.39, 0.29) is 11.4 Å². The number of nitrogens with one attached hydrogen (secondary N) is 2. The zero-order chi connectivity index (χ0) is 18.8. The number of hydrogen-bond acceptors (Lipinski definition) is 7. The zero-order valence-corrected chi connectivity index (χ0v) is 13.5. The topological polar surface area (TPSA) is 123 Å². The smallest absolute Gasteiger partial charge is 0.301 e. The molecule has 9 heteroatoms. The Morgan fingerprint density at radius 3 is 2.38 bits per heavy atom. The highest BCUT2D eigenvalue weighted by Gasteiger charge is 2.18. The van der Waals surface area contributed by atoms with Crippen molar-refractivity contribution in [1.29, 1.82) is 0 Å². The molecule has 2 N–H and O–H groups in total. The maximum absolute atomic E-state index is 11.0. The van der Waals surface area contributed by atoms with Gasteiger partial charge in [-0.15, -0.1) is 0 Å². The van der Waals surface area contributed by atoms with Gasteiger partial charge in [-0.25, -0.2) is 4.99 Å². The molecule has 2 aromatic rings. The van der Waals surface area contributed by atoms with E-state index < -0.39 is 15.5 Å². The van der Waals surface area contributed by atoms with Crippen LogP contribution in [0.5, 0.6) is 0 Å². The minimum atomic E-state index is -0.706. The van der Waals surface area contributed by atoms with Crippen LogP contribution < -0.4 is 10.9 Å². The number of aliphatic imine (C=N–C) groups is 1. The third-order valence-electron chi connectivity index (χ3n) is 3.06. The minimum Gasteiger partial charge on any atom is -0.308 e. The van der Waals surface area contributed by atoms with Crippen LogP contribution in [0.1, 0.15) is 0 Å². The highest BCUT2D eigenvalue weighted by molar-refractivity contribution is 5.77. The Kier molecular flexibility index (Phi) is 6.57. The minimum absolute atomic E-state index is 0.0399.